The highest BCUT2D eigenvalue weighted by molar-refractivity contribution is 7.92. The molecule has 3 aromatic rings. The Balaban J connectivity index is 2.04. The van der Waals surface area contributed by atoms with Crippen LogP contribution in [0, 0.1) is 6.92 Å². The summed E-state index contributed by atoms with van der Waals surface area (Å²) in [6.07, 6.45) is 0. The van der Waals surface area contributed by atoms with Gasteiger partial charge in [0.1, 0.15) is 18.3 Å². The molecular formula is C27H31N3O5S. The van der Waals surface area contributed by atoms with Gasteiger partial charge < -0.3 is 15.0 Å². The molecule has 0 heterocycles. The first-order valence-corrected chi connectivity index (χ1v) is 12.9. The zero-order valence-electron chi connectivity index (χ0n) is 20.8. The van der Waals surface area contributed by atoms with Crippen LogP contribution in [-0.2, 0) is 26.2 Å². The number of nitrogens with one attached hydrogen (secondary N) is 1. The number of hydrogen-bond donors (Lipinski definition) is 1. The predicted molar refractivity (Wildman–Crippen MR) is 139 cm³/mol. The number of carbonyl (C=O) groups excluding carboxylic acids is 2. The van der Waals surface area contributed by atoms with Crippen LogP contribution >= 0.6 is 0 Å². The second kappa shape index (κ2) is 11.7. The van der Waals surface area contributed by atoms with Crippen LogP contribution in [-0.4, -0.2) is 51.9 Å². The molecule has 1 atom stereocenters. The molecule has 8 nitrogen and oxygen atoms in total. The van der Waals surface area contributed by atoms with E-state index in [0.29, 0.717) is 5.75 Å². The van der Waals surface area contributed by atoms with Gasteiger partial charge in [-0.1, -0.05) is 54.1 Å². The molecule has 3 aromatic carbocycles. The number of ether oxygens (including phenoxy) is 1. The summed E-state index contributed by atoms with van der Waals surface area (Å²) in [5.41, 5.74) is 2.00. The third-order valence-electron chi connectivity index (χ3n) is 5.84. The number of benzene rings is 3. The molecule has 2 amide bonds. The van der Waals surface area contributed by atoms with E-state index in [1.807, 2.05) is 37.3 Å². The lowest BCUT2D eigenvalue weighted by Gasteiger charge is -2.31. The summed E-state index contributed by atoms with van der Waals surface area (Å²) >= 11 is 0. The number of nitrogens with zero attached hydrogens (tertiary/aromatic N) is 2. The first-order chi connectivity index (χ1) is 17.2. The average molecular weight is 510 g/mol. The van der Waals surface area contributed by atoms with Gasteiger partial charge in [-0.25, -0.2) is 8.42 Å². The molecule has 3 rings (SSSR count). The normalized spacial score (nSPS) is 11.9. The van der Waals surface area contributed by atoms with Gasteiger partial charge in [0.25, 0.3) is 10.0 Å². The number of sulfonamides is 1. The van der Waals surface area contributed by atoms with Gasteiger partial charge in [0.15, 0.2) is 0 Å². The van der Waals surface area contributed by atoms with Crippen LogP contribution in [0.1, 0.15) is 18.1 Å². The topological polar surface area (TPSA) is 96.0 Å². The fourth-order valence-electron chi connectivity index (χ4n) is 3.70. The zero-order valence-corrected chi connectivity index (χ0v) is 21.7. The SMILES string of the molecule is CNC(=O)[C@H](C)N(Cc1ccccc1)C(=O)CN(c1cccc(OC)c1)S(=O)(=O)c1ccc(C)cc1. The van der Waals surface area contributed by atoms with Crippen molar-refractivity contribution in [1.82, 2.24) is 10.2 Å². The Morgan fingerprint density at radius 1 is 0.972 bits per heavy atom. The van der Waals surface area contributed by atoms with E-state index in [9.17, 15) is 18.0 Å². The maximum atomic E-state index is 13.8. The van der Waals surface area contributed by atoms with E-state index in [0.717, 1.165) is 15.4 Å². The summed E-state index contributed by atoms with van der Waals surface area (Å²) in [7, 11) is -1.14. The van der Waals surface area contributed by atoms with Crippen molar-refractivity contribution in [2.75, 3.05) is 25.0 Å². The number of likely N-dealkylation sites (N-methyl/N-ethyl adjacent to an activating group) is 1. The third-order valence-corrected chi connectivity index (χ3v) is 7.63. The second-order valence-corrected chi connectivity index (χ2v) is 10.2. The lowest BCUT2D eigenvalue weighted by Crippen LogP contribution is -2.50. The molecule has 0 saturated heterocycles. The molecule has 190 valence electrons. The predicted octanol–water partition coefficient (Wildman–Crippen LogP) is 3.36. The summed E-state index contributed by atoms with van der Waals surface area (Å²) in [5.74, 6) is -0.425. The van der Waals surface area contributed by atoms with Crippen LogP contribution in [0.25, 0.3) is 0 Å². The van der Waals surface area contributed by atoms with Crippen LogP contribution in [0.3, 0.4) is 0 Å². The van der Waals surface area contributed by atoms with Gasteiger partial charge in [0, 0.05) is 19.7 Å². The van der Waals surface area contributed by atoms with Crippen molar-refractivity contribution in [2.24, 2.45) is 0 Å². The van der Waals surface area contributed by atoms with E-state index >= 15 is 0 Å². The fraction of sp³-hybridized carbons (Fsp3) is 0.259. The molecule has 1 N–H and O–H groups in total. The molecule has 0 aliphatic heterocycles. The molecular weight excluding hydrogens is 478 g/mol. The minimum atomic E-state index is -4.12. The Morgan fingerprint density at radius 3 is 2.25 bits per heavy atom. The van der Waals surface area contributed by atoms with Crippen LogP contribution in [0.5, 0.6) is 5.75 Å². The zero-order chi connectivity index (χ0) is 26.3. The molecule has 9 heteroatoms. The van der Waals surface area contributed by atoms with Gasteiger partial charge in [-0.15, -0.1) is 0 Å². The Hall–Kier alpha value is -3.85. The molecule has 0 aromatic heterocycles. The minimum Gasteiger partial charge on any atom is -0.497 e. The first kappa shape index (κ1) is 26.7. The van der Waals surface area contributed by atoms with Crippen molar-refractivity contribution in [2.45, 2.75) is 31.3 Å². The molecule has 0 aliphatic rings. The van der Waals surface area contributed by atoms with Crippen LogP contribution in [0.2, 0.25) is 0 Å². The van der Waals surface area contributed by atoms with Gasteiger partial charge in [0.2, 0.25) is 11.8 Å². The van der Waals surface area contributed by atoms with Gasteiger partial charge in [-0.05, 0) is 43.7 Å². The monoisotopic (exact) mass is 509 g/mol. The van der Waals surface area contributed by atoms with E-state index in [1.165, 1.54) is 31.2 Å². The van der Waals surface area contributed by atoms with Gasteiger partial charge >= 0.3 is 0 Å². The van der Waals surface area contributed by atoms with Gasteiger partial charge in [-0.3, -0.25) is 13.9 Å². The molecule has 0 fully saturated rings. The summed E-state index contributed by atoms with van der Waals surface area (Å²) < 4.78 is 33.8. The first-order valence-electron chi connectivity index (χ1n) is 11.5. The summed E-state index contributed by atoms with van der Waals surface area (Å²) in [6.45, 7) is 3.12. The van der Waals surface area contributed by atoms with Crippen LogP contribution in [0.4, 0.5) is 5.69 Å². The maximum absolute atomic E-state index is 13.8. The Kier molecular flexibility index (Phi) is 8.71. The maximum Gasteiger partial charge on any atom is 0.264 e. The van der Waals surface area contributed by atoms with E-state index in [1.54, 1.807) is 43.3 Å². The Bertz CT molecular complexity index is 1290. The van der Waals surface area contributed by atoms with Gasteiger partial charge in [-0.2, -0.15) is 0 Å². The van der Waals surface area contributed by atoms with Crippen molar-refractivity contribution in [3.05, 3.63) is 90.0 Å². The quantitative estimate of drug-likeness (QED) is 0.452. The van der Waals surface area contributed by atoms with Crippen molar-refractivity contribution in [3.8, 4) is 5.75 Å². The highest BCUT2D eigenvalue weighted by Gasteiger charge is 2.32. The molecule has 0 bridgehead atoms. The van der Waals surface area contributed by atoms with Crippen LogP contribution < -0.4 is 14.4 Å². The highest BCUT2D eigenvalue weighted by Crippen LogP contribution is 2.27. The van der Waals surface area contributed by atoms with Crippen molar-refractivity contribution in [3.63, 3.8) is 0 Å². The summed E-state index contributed by atoms with van der Waals surface area (Å²) in [5, 5.41) is 2.57. The number of methoxy groups -OCH3 is 1. The van der Waals surface area contributed by atoms with E-state index in [-0.39, 0.29) is 23.0 Å². The smallest absolute Gasteiger partial charge is 0.264 e. The van der Waals surface area contributed by atoms with Crippen molar-refractivity contribution < 1.29 is 22.7 Å². The van der Waals surface area contributed by atoms with Crippen molar-refractivity contribution >= 4 is 27.5 Å². The standard InChI is InChI=1S/C27H31N3O5S/c1-20-13-15-25(16-14-20)36(33,34)30(23-11-8-12-24(17-23)35-4)19-26(31)29(21(2)27(32)28-3)18-22-9-6-5-7-10-22/h5-17,21H,18-19H2,1-4H3,(H,28,32)/t21-/m0/s1. The van der Waals surface area contributed by atoms with E-state index in [2.05, 4.69) is 5.32 Å². The average Bonchev–Trinajstić information content (AvgIpc) is 2.90. The number of hydrogen-bond acceptors (Lipinski definition) is 5. The van der Waals surface area contributed by atoms with E-state index in [4.69, 9.17) is 4.74 Å². The fourth-order valence-corrected chi connectivity index (χ4v) is 5.11. The van der Waals surface area contributed by atoms with E-state index < -0.39 is 28.5 Å². The molecule has 0 unspecified atom stereocenters. The summed E-state index contributed by atoms with van der Waals surface area (Å²) in [4.78, 5) is 27.6. The van der Waals surface area contributed by atoms with Gasteiger partial charge in [0.05, 0.1) is 17.7 Å². The number of carbonyl (C=O) groups is 2. The van der Waals surface area contributed by atoms with Crippen LogP contribution in [0.15, 0.2) is 83.8 Å². The molecule has 0 spiro atoms. The highest BCUT2D eigenvalue weighted by atomic mass is 32.2. The largest absolute Gasteiger partial charge is 0.497 e. The number of anilines is 1. The number of rotatable bonds is 10. The molecule has 0 saturated carbocycles. The molecule has 36 heavy (non-hydrogen) atoms. The second-order valence-electron chi connectivity index (χ2n) is 8.32. The number of aryl methyl sites for hydroxylation is 1. The third kappa shape index (κ3) is 6.23. The Morgan fingerprint density at radius 2 is 1.64 bits per heavy atom. The molecule has 0 radical (unpaired) electrons. The summed E-state index contributed by atoms with van der Waals surface area (Å²) in [6, 6.07) is 21.3. The lowest BCUT2D eigenvalue weighted by atomic mass is 10.1. The van der Waals surface area contributed by atoms with Crippen molar-refractivity contribution in [1.29, 1.82) is 0 Å². The number of amides is 2. The lowest BCUT2D eigenvalue weighted by molar-refractivity contribution is -0.139. The minimum absolute atomic E-state index is 0.0534. The molecule has 0 aliphatic carbocycles. The Labute approximate surface area is 212 Å².